The summed E-state index contributed by atoms with van der Waals surface area (Å²) in [5.41, 5.74) is 1.98. The summed E-state index contributed by atoms with van der Waals surface area (Å²) in [7, 11) is 0. The number of nitrogens with one attached hydrogen (secondary N) is 1. The zero-order chi connectivity index (χ0) is 9.97. The highest BCUT2D eigenvalue weighted by molar-refractivity contribution is 5.73. The number of phenolic OH excluding ortho intramolecular Hbond substituents is 1. The van der Waals surface area contributed by atoms with Crippen LogP contribution in [0, 0.1) is 0 Å². The second-order valence-electron chi connectivity index (χ2n) is 3.34. The molecule has 0 fully saturated rings. The number of nitrogens with zero attached hydrogens (tertiary/aromatic N) is 1. The largest absolute Gasteiger partial charge is 0.508 e. The van der Waals surface area contributed by atoms with Crippen molar-refractivity contribution in [1.82, 2.24) is 0 Å². The highest BCUT2D eigenvalue weighted by atomic mass is 16.3. The van der Waals surface area contributed by atoms with Gasteiger partial charge in [0.2, 0.25) is 0 Å². The van der Waals surface area contributed by atoms with Gasteiger partial charge in [-0.15, -0.1) is 0 Å². The summed E-state index contributed by atoms with van der Waals surface area (Å²) in [5, 5.41) is 21.4. The maximum Gasteiger partial charge on any atom is 0.117 e. The molecule has 14 heavy (non-hydrogen) atoms. The molecule has 0 spiro atoms. The topological polar surface area (TPSA) is 55.7 Å². The van der Waals surface area contributed by atoms with E-state index in [0.29, 0.717) is 6.54 Å². The minimum Gasteiger partial charge on any atom is -0.508 e. The van der Waals surface area contributed by atoms with E-state index in [1.165, 1.54) is 0 Å². The van der Waals surface area contributed by atoms with Crippen molar-refractivity contribution in [2.75, 3.05) is 36.5 Å². The Bertz CT molecular complexity index is 328. The number of phenols is 1. The van der Waals surface area contributed by atoms with E-state index in [4.69, 9.17) is 5.11 Å². The molecule has 0 bridgehead atoms. The molecule has 0 atom stereocenters. The molecule has 0 saturated carbocycles. The van der Waals surface area contributed by atoms with Gasteiger partial charge in [-0.1, -0.05) is 0 Å². The molecule has 0 unspecified atom stereocenters. The van der Waals surface area contributed by atoms with Gasteiger partial charge in [-0.25, -0.2) is 0 Å². The lowest BCUT2D eigenvalue weighted by atomic mass is 10.2. The van der Waals surface area contributed by atoms with Crippen LogP contribution in [0.4, 0.5) is 11.4 Å². The van der Waals surface area contributed by atoms with Gasteiger partial charge >= 0.3 is 0 Å². The predicted octanol–water partition coefficient (Wildman–Crippen LogP) is 0.616. The average molecular weight is 194 g/mol. The maximum absolute atomic E-state index is 9.30. The van der Waals surface area contributed by atoms with Gasteiger partial charge in [0, 0.05) is 25.7 Å². The summed E-state index contributed by atoms with van der Waals surface area (Å²) < 4.78 is 0. The molecular weight excluding hydrogens is 180 g/mol. The van der Waals surface area contributed by atoms with Crippen LogP contribution in [0.3, 0.4) is 0 Å². The first-order chi connectivity index (χ1) is 6.81. The van der Waals surface area contributed by atoms with Gasteiger partial charge in [0.1, 0.15) is 5.75 Å². The predicted molar refractivity (Wildman–Crippen MR) is 55.9 cm³/mol. The molecule has 1 aliphatic rings. The Morgan fingerprint density at radius 2 is 2.29 bits per heavy atom. The maximum atomic E-state index is 9.30. The lowest BCUT2D eigenvalue weighted by molar-refractivity contribution is 0.302. The molecule has 4 heteroatoms. The summed E-state index contributed by atoms with van der Waals surface area (Å²) in [4.78, 5) is 2.10. The third-order valence-corrected chi connectivity index (χ3v) is 2.39. The van der Waals surface area contributed by atoms with Gasteiger partial charge in [-0.3, -0.25) is 0 Å². The van der Waals surface area contributed by atoms with E-state index in [-0.39, 0.29) is 12.4 Å². The Balaban J connectivity index is 2.30. The van der Waals surface area contributed by atoms with Crippen LogP contribution in [0.1, 0.15) is 0 Å². The summed E-state index contributed by atoms with van der Waals surface area (Å²) in [6, 6.07) is 5.24. The van der Waals surface area contributed by atoms with Crippen molar-refractivity contribution in [3.05, 3.63) is 18.2 Å². The highest BCUT2D eigenvalue weighted by Crippen LogP contribution is 2.31. The first kappa shape index (κ1) is 9.15. The summed E-state index contributed by atoms with van der Waals surface area (Å²) >= 11 is 0. The Kier molecular flexibility index (Phi) is 2.45. The third kappa shape index (κ3) is 1.61. The van der Waals surface area contributed by atoms with Gasteiger partial charge in [0.05, 0.1) is 18.0 Å². The number of aromatic hydroxyl groups is 1. The van der Waals surface area contributed by atoms with Crippen LogP contribution < -0.4 is 10.2 Å². The molecule has 0 amide bonds. The third-order valence-electron chi connectivity index (χ3n) is 2.39. The normalized spacial score (nSPS) is 14.8. The summed E-state index contributed by atoms with van der Waals surface area (Å²) in [6.45, 7) is 2.52. The van der Waals surface area contributed by atoms with E-state index < -0.39 is 0 Å². The monoisotopic (exact) mass is 194 g/mol. The minimum atomic E-state index is 0.153. The van der Waals surface area contributed by atoms with Gasteiger partial charge < -0.3 is 20.4 Å². The molecule has 3 N–H and O–H groups in total. The van der Waals surface area contributed by atoms with Crippen LogP contribution in [-0.4, -0.2) is 36.5 Å². The van der Waals surface area contributed by atoms with Crippen molar-refractivity contribution in [3.63, 3.8) is 0 Å². The molecule has 76 valence electrons. The number of hydrogen-bond donors (Lipinski definition) is 3. The summed E-state index contributed by atoms with van der Waals surface area (Å²) in [5.74, 6) is 0.266. The molecule has 1 aromatic carbocycles. The van der Waals surface area contributed by atoms with Crippen LogP contribution in [0.5, 0.6) is 5.75 Å². The van der Waals surface area contributed by atoms with Crippen LogP contribution in [0.2, 0.25) is 0 Å². The Morgan fingerprint density at radius 3 is 3.07 bits per heavy atom. The van der Waals surface area contributed by atoms with Crippen molar-refractivity contribution < 1.29 is 10.2 Å². The van der Waals surface area contributed by atoms with Crippen molar-refractivity contribution in [1.29, 1.82) is 0 Å². The quantitative estimate of drug-likeness (QED) is 0.646. The van der Waals surface area contributed by atoms with Crippen molar-refractivity contribution >= 4 is 11.4 Å². The van der Waals surface area contributed by atoms with Crippen LogP contribution in [0.15, 0.2) is 18.2 Å². The molecule has 0 aromatic heterocycles. The number of anilines is 2. The van der Waals surface area contributed by atoms with Crippen molar-refractivity contribution in [2.24, 2.45) is 0 Å². The van der Waals surface area contributed by atoms with E-state index in [9.17, 15) is 5.11 Å². The molecular formula is C10H14N2O2. The number of aliphatic hydroxyl groups excluding tert-OH is 1. The Hall–Kier alpha value is -1.42. The molecule has 1 aliphatic heterocycles. The molecule has 1 aromatic rings. The molecule has 1 heterocycles. The highest BCUT2D eigenvalue weighted by Gasteiger charge is 2.15. The second kappa shape index (κ2) is 3.75. The Labute approximate surface area is 82.8 Å². The standard InChI is InChI=1S/C10H14N2O2/c13-6-5-12-4-3-11-9-7-8(14)1-2-10(9)12/h1-2,7,11,13-14H,3-6H2. The van der Waals surface area contributed by atoms with Gasteiger partial charge in [-0.2, -0.15) is 0 Å². The lowest BCUT2D eigenvalue weighted by Crippen LogP contribution is -2.35. The fraction of sp³-hybridized carbons (Fsp3) is 0.400. The smallest absolute Gasteiger partial charge is 0.117 e. The zero-order valence-corrected chi connectivity index (χ0v) is 7.90. The van der Waals surface area contributed by atoms with E-state index in [1.54, 1.807) is 12.1 Å². The van der Waals surface area contributed by atoms with E-state index in [1.807, 2.05) is 6.07 Å². The van der Waals surface area contributed by atoms with Gasteiger partial charge in [-0.05, 0) is 12.1 Å². The van der Waals surface area contributed by atoms with Crippen molar-refractivity contribution in [2.45, 2.75) is 0 Å². The van der Waals surface area contributed by atoms with Gasteiger partial charge in [0.15, 0.2) is 0 Å². The lowest BCUT2D eigenvalue weighted by Gasteiger charge is -2.31. The first-order valence-corrected chi connectivity index (χ1v) is 4.74. The van der Waals surface area contributed by atoms with Crippen molar-refractivity contribution in [3.8, 4) is 5.75 Å². The Morgan fingerprint density at radius 1 is 1.43 bits per heavy atom. The fourth-order valence-electron chi connectivity index (χ4n) is 1.74. The van der Waals surface area contributed by atoms with E-state index >= 15 is 0 Å². The number of rotatable bonds is 2. The first-order valence-electron chi connectivity index (χ1n) is 4.74. The van der Waals surface area contributed by atoms with Crippen LogP contribution in [0.25, 0.3) is 0 Å². The second-order valence-corrected chi connectivity index (χ2v) is 3.34. The minimum absolute atomic E-state index is 0.153. The van der Waals surface area contributed by atoms with Crippen LogP contribution >= 0.6 is 0 Å². The molecule has 4 nitrogen and oxygen atoms in total. The molecule has 2 rings (SSSR count). The fourth-order valence-corrected chi connectivity index (χ4v) is 1.74. The van der Waals surface area contributed by atoms with E-state index in [0.717, 1.165) is 24.5 Å². The van der Waals surface area contributed by atoms with E-state index in [2.05, 4.69) is 10.2 Å². The molecule has 0 saturated heterocycles. The van der Waals surface area contributed by atoms with Gasteiger partial charge in [0.25, 0.3) is 0 Å². The number of hydrogen-bond acceptors (Lipinski definition) is 4. The number of aliphatic hydroxyl groups is 1. The molecule has 0 radical (unpaired) electrons. The molecule has 0 aliphatic carbocycles. The summed E-state index contributed by atoms with van der Waals surface area (Å²) in [6.07, 6.45) is 0. The zero-order valence-electron chi connectivity index (χ0n) is 7.90. The number of fused-ring (bicyclic) bond motifs is 1. The van der Waals surface area contributed by atoms with Crippen LogP contribution in [-0.2, 0) is 0 Å². The number of β-amino-alcohol motifs (C(OH)–C–C–N with tert-alkyl or cyclic N) is 1. The SMILES string of the molecule is OCCN1CCNc2cc(O)ccc21. The number of benzene rings is 1. The average Bonchev–Trinajstić information content (AvgIpc) is 2.18.